The van der Waals surface area contributed by atoms with Gasteiger partial charge in [-0.3, -0.25) is 4.79 Å². The zero-order chi connectivity index (χ0) is 15.4. The summed E-state index contributed by atoms with van der Waals surface area (Å²) in [5, 5.41) is 3.63. The lowest BCUT2D eigenvalue weighted by atomic mass is 10.2. The number of nitrogens with zero attached hydrogens (tertiary/aromatic N) is 1. The SMILES string of the molecule is COc1ccc2nc(SCC(=O)NC[C@@H]3CCCO3)[nH]c2c1. The summed E-state index contributed by atoms with van der Waals surface area (Å²) in [5.74, 6) is 1.12. The lowest BCUT2D eigenvalue weighted by Gasteiger charge is -2.10. The van der Waals surface area contributed by atoms with Gasteiger partial charge in [-0.1, -0.05) is 11.8 Å². The number of carbonyl (C=O) groups excluding carboxylic acids is 1. The number of amides is 1. The molecule has 1 atom stereocenters. The third-order valence-electron chi connectivity index (χ3n) is 3.56. The molecule has 1 saturated heterocycles. The van der Waals surface area contributed by atoms with Crippen LogP contribution in [0, 0.1) is 0 Å². The summed E-state index contributed by atoms with van der Waals surface area (Å²) in [4.78, 5) is 19.5. The highest BCUT2D eigenvalue weighted by Crippen LogP contribution is 2.23. The van der Waals surface area contributed by atoms with Crippen molar-refractivity contribution >= 4 is 28.7 Å². The van der Waals surface area contributed by atoms with E-state index in [9.17, 15) is 4.79 Å². The number of hydrogen-bond acceptors (Lipinski definition) is 5. The Bertz CT molecular complexity index is 653. The standard InChI is InChI=1S/C15H19N3O3S/c1-20-10-4-5-12-13(7-10)18-15(17-12)22-9-14(19)16-8-11-3-2-6-21-11/h4-5,7,11H,2-3,6,8-9H2,1H3,(H,16,19)(H,17,18)/t11-/m0/s1. The van der Waals surface area contributed by atoms with Gasteiger partial charge >= 0.3 is 0 Å². The summed E-state index contributed by atoms with van der Waals surface area (Å²) in [6.45, 7) is 1.40. The zero-order valence-corrected chi connectivity index (χ0v) is 13.2. The van der Waals surface area contributed by atoms with E-state index >= 15 is 0 Å². The average molecular weight is 321 g/mol. The van der Waals surface area contributed by atoms with Gasteiger partial charge in [0.25, 0.3) is 0 Å². The molecule has 3 rings (SSSR count). The quantitative estimate of drug-likeness (QED) is 0.796. The molecule has 1 aliphatic heterocycles. The minimum Gasteiger partial charge on any atom is -0.497 e. The second-order valence-corrected chi connectivity index (χ2v) is 6.12. The van der Waals surface area contributed by atoms with Crippen molar-refractivity contribution in [3.63, 3.8) is 0 Å². The Balaban J connectivity index is 1.51. The first-order valence-corrected chi connectivity index (χ1v) is 8.28. The van der Waals surface area contributed by atoms with Crippen molar-refractivity contribution in [2.45, 2.75) is 24.1 Å². The minimum atomic E-state index is -0.00135. The molecule has 2 heterocycles. The van der Waals surface area contributed by atoms with E-state index in [2.05, 4.69) is 15.3 Å². The van der Waals surface area contributed by atoms with Gasteiger partial charge in [-0.2, -0.15) is 0 Å². The van der Waals surface area contributed by atoms with Crippen molar-refractivity contribution in [2.24, 2.45) is 0 Å². The molecule has 1 aliphatic rings. The predicted octanol–water partition coefficient (Wildman–Crippen LogP) is 1.96. The van der Waals surface area contributed by atoms with Crippen LogP contribution in [0.3, 0.4) is 0 Å². The van der Waals surface area contributed by atoms with E-state index in [1.54, 1.807) is 7.11 Å². The Hall–Kier alpha value is -1.73. The molecule has 1 fully saturated rings. The van der Waals surface area contributed by atoms with Crippen LogP contribution in [0.2, 0.25) is 0 Å². The van der Waals surface area contributed by atoms with Gasteiger partial charge in [0.2, 0.25) is 5.91 Å². The van der Waals surface area contributed by atoms with Crippen LogP contribution in [-0.2, 0) is 9.53 Å². The highest BCUT2D eigenvalue weighted by Gasteiger charge is 2.16. The number of ether oxygens (including phenoxy) is 2. The van der Waals surface area contributed by atoms with Crippen LogP contribution in [0.25, 0.3) is 11.0 Å². The van der Waals surface area contributed by atoms with Crippen molar-refractivity contribution in [1.82, 2.24) is 15.3 Å². The molecule has 2 N–H and O–H groups in total. The lowest BCUT2D eigenvalue weighted by Crippen LogP contribution is -2.32. The average Bonchev–Trinajstić information content (AvgIpc) is 3.18. The molecule has 1 aromatic carbocycles. The Kier molecular flexibility index (Phi) is 4.84. The van der Waals surface area contributed by atoms with Crippen LogP contribution in [0.15, 0.2) is 23.4 Å². The molecule has 6 nitrogen and oxygen atoms in total. The Morgan fingerprint density at radius 2 is 2.50 bits per heavy atom. The highest BCUT2D eigenvalue weighted by molar-refractivity contribution is 7.99. The monoisotopic (exact) mass is 321 g/mol. The molecule has 0 spiro atoms. The topological polar surface area (TPSA) is 76.2 Å². The van der Waals surface area contributed by atoms with Crippen LogP contribution in [0.4, 0.5) is 0 Å². The Morgan fingerprint density at radius 3 is 3.27 bits per heavy atom. The number of methoxy groups -OCH3 is 1. The van der Waals surface area contributed by atoms with Crippen LogP contribution < -0.4 is 10.1 Å². The minimum absolute atomic E-state index is 0.00135. The number of aromatic nitrogens is 2. The number of hydrogen-bond donors (Lipinski definition) is 2. The zero-order valence-electron chi connectivity index (χ0n) is 12.4. The fourth-order valence-electron chi connectivity index (χ4n) is 2.38. The summed E-state index contributed by atoms with van der Waals surface area (Å²) < 4.78 is 10.7. The smallest absolute Gasteiger partial charge is 0.230 e. The number of H-pyrrole nitrogens is 1. The van der Waals surface area contributed by atoms with Gasteiger partial charge in [0.05, 0.1) is 30.0 Å². The van der Waals surface area contributed by atoms with Crippen molar-refractivity contribution in [1.29, 1.82) is 0 Å². The molecule has 1 aromatic heterocycles. The van der Waals surface area contributed by atoms with E-state index < -0.39 is 0 Å². The number of imidazole rings is 1. The van der Waals surface area contributed by atoms with Gasteiger partial charge < -0.3 is 19.8 Å². The van der Waals surface area contributed by atoms with E-state index in [-0.39, 0.29) is 12.0 Å². The first-order chi connectivity index (χ1) is 10.7. The van der Waals surface area contributed by atoms with Gasteiger partial charge in [-0.05, 0) is 25.0 Å². The van der Waals surface area contributed by atoms with Crippen LogP contribution in [0.1, 0.15) is 12.8 Å². The van der Waals surface area contributed by atoms with E-state index in [0.29, 0.717) is 12.3 Å². The van der Waals surface area contributed by atoms with Gasteiger partial charge in [0, 0.05) is 19.2 Å². The number of aromatic amines is 1. The van der Waals surface area contributed by atoms with Gasteiger partial charge in [0.1, 0.15) is 5.75 Å². The number of carbonyl (C=O) groups is 1. The third-order valence-corrected chi connectivity index (χ3v) is 4.43. The summed E-state index contributed by atoms with van der Waals surface area (Å²) >= 11 is 1.39. The molecule has 0 unspecified atom stereocenters. The molecule has 0 saturated carbocycles. The molecular formula is C15H19N3O3S. The Labute approximate surface area is 133 Å². The van der Waals surface area contributed by atoms with Crippen LogP contribution in [-0.4, -0.2) is 48.0 Å². The molecule has 118 valence electrons. The fraction of sp³-hybridized carbons (Fsp3) is 0.467. The van der Waals surface area contributed by atoms with E-state index in [0.717, 1.165) is 41.4 Å². The number of rotatable bonds is 6. The lowest BCUT2D eigenvalue weighted by molar-refractivity contribution is -0.119. The molecule has 22 heavy (non-hydrogen) atoms. The van der Waals surface area contributed by atoms with Gasteiger partial charge in [-0.15, -0.1) is 0 Å². The third kappa shape index (κ3) is 3.72. The molecule has 1 amide bonds. The normalized spacial score (nSPS) is 17.8. The molecular weight excluding hydrogens is 302 g/mol. The van der Waals surface area contributed by atoms with Crippen LogP contribution in [0.5, 0.6) is 5.75 Å². The van der Waals surface area contributed by atoms with Crippen molar-refractivity contribution in [3.8, 4) is 5.75 Å². The number of thioether (sulfide) groups is 1. The molecule has 0 bridgehead atoms. The van der Waals surface area contributed by atoms with Gasteiger partial charge in [0.15, 0.2) is 5.16 Å². The van der Waals surface area contributed by atoms with Crippen molar-refractivity contribution in [3.05, 3.63) is 18.2 Å². The first kappa shape index (κ1) is 15.2. The van der Waals surface area contributed by atoms with E-state index in [4.69, 9.17) is 9.47 Å². The summed E-state index contributed by atoms with van der Waals surface area (Å²) in [6.07, 6.45) is 2.28. The van der Waals surface area contributed by atoms with Crippen molar-refractivity contribution in [2.75, 3.05) is 26.0 Å². The largest absolute Gasteiger partial charge is 0.497 e. The van der Waals surface area contributed by atoms with Crippen LogP contribution >= 0.6 is 11.8 Å². The van der Waals surface area contributed by atoms with Gasteiger partial charge in [-0.25, -0.2) is 4.98 Å². The van der Waals surface area contributed by atoms with E-state index in [1.807, 2.05) is 18.2 Å². The summed E-state index contributed by atoms with van der Waals surface area (Å²) in [5.41, 5.74) is 1.77. The maximum absolute atomic E-state index is 11.8. The summed E-state index contributed by atoms with van der Waals surface area (Å²) in [6, 6.07) is 5.65. The second kappa shape index (κ2) is 7.02. The Morgan fingerprint density at radius 1 is 1.59 bits per heavy atom. The highest BCUT2D eigenvalue weighted by atomic mass is 32.2. The molecule has 7 heteroatoms. The van der Waals surface area contributed by atoms with Crippen molar-refractivity contribution < 1.29 is 14.3 Å². The predicted molar refractivity (Wildman–Crippen MR) is 85.4 cm³/mol. The fourth-order valence-corrected chi connectivity index (χ4v) is 3.09. The first-order valence-electron chi connectivity index (χ1n) is 7.29. The maximum Gasteiger partial charge on any atom is 0.230 e. The molecule has 0 radical (unpaired) electrons. The molecule has 0 aliphatic carbocycles. The number of fused-ring (bicyclic) bond motifs is 1. The second-order valence-electron chi connectivity index (χ2n) is 5.15. The summed E-state index contributed by atoms with van der Waals surface area (Å²) in [7, 11) is 1.63. The number of nitrogens with one attached hydrogen (secondary N) is 2. The van der Waals surface area contributed by atoms with E-state index in [1.165, 1.54) is 11.8 Å². The molecule has 2 aromatic rings. The number of benzene rings is 1. The maximum atomic E-state index is 11.8.